The van der Waals surface area contributed by atoms with Gasteiger partial charge in [0.05, 0.1) is 0 Å². The van der Waals surface area contributed by atoms with Crippen LogP contribution in [-0.2, 0) is 0 Å². The molecule has 18 heavy (non-hydrogen) atoms. The van der Waals surface area contributed by atoms with Crippen LogP contribution in [0.25, 0.3) is 0 Å². The summed E-state index contributed by atoms with van der Waals surface area (Å²) in [6, 6.07) is 8.79. The van der Waals surface area contributed by atoms with Gasteiger partial charge in [-0.2, -0.15) is 0 Å². The molecule has 0 saturated heterocycles. The van der Waals surface area contributed by atoms with Gasteiger partial charge in [0.2, 0.25) is 0 Å². The molecule has 0 bridgehead atoms. The Hall–Kier alpha value is -0.860. The van der Waals surface area contributed by atoms with Gasteiger partial charge in [0.15, 0.2) is 0 Å². The highest BCUT2D eigenvalue weighted by molar-refractivity contribution is 5.24. The van der Waals surface area contributed by atoms with E-state index in [1.54, 1.807) is 0 Å². The fourth-order valence-corrected chi connectivity index (χ4v) is 2.44. The molecule has 2 heteroatoms. The summed E-state index contributed by atoms with van der Waals surface area (Å²) in [5.74, 6) is 0.946. The first kappa shape index (κ1) is 13.6. The van der Waals surface area contributed by atoms with Gasteiger partial charge in [-0.25, -0.2) is 0 Å². The molecule has 1 saturated carbocycles. The number of benzene rings is 1. The quantitative estimate of drug-likeness (QED) is 0.801. The highest BCUT2D eigenvalue weighted by Crippen LogP contribution is 2.30. The zero-order valence-electron chi connectivity index (χ0n) is 11.7. The van der Waals surface area contributed by atoms with Crippen LogP contribution in [0.5, 0.6) is 0 Å². The monoisotopic (exact) mass is 246 g/mol. The minimum Gasteiger partial charge on any atom is -0.323 e. The van der Waals surface area contributed by atoms with E-state index in [0.717, 1.165) is 12.5 Å². The highest BCUT2D eigenvalue weighted by Gasteiger charge is 2.24. The van der Waals surface area contributed by atoms with Crippen LogP contribution in [-0.4, -0.2) is 24.5 Å². The number of hydrogen-bond donors (Lipinski definition) is 1. The van der Waals surface area contributed by atoms with Gasteiger partial charge < -0.3 is 10.6 Å². The number of rotatable bonds is 7. The van der Waals surface area contributed by atoms with Crippen molar-refractivity contribution < 1.29 is 0 Å². The molecule has 0 heterocycles. The maximum absolute atomic E-state index is 6.33. The van der Waals surface area contributed by atoms with Gasteiger partial charge in [-0.15, -0.1) is 0 Å². The van der Waals surface area contributed by atoms with Gasteiger partial charge in [0, 0.05) is 19.1 Å². The van der Waals surface area contributed by atoms with Crippen molar-refractivity contribution in [1.29, 1.82) is 0 Å². The molecule has 1 fully saturated rings. The summed E-state index contributed by atoms with van der Waals surface area (Å²) in [6.45, 7) is 7.78. The third kappa shape index (κ3) is 4.11. The van der Waals surface area contributed by atoms with E-state index in [-0.39, 0.29) is 6.04 Å². The Morgan fingerprint density at radius 1 is 1.28 bits per heavy atom. The van der Waals surface area contributed by atoms with Gasteiger partial charge in [-0.3, -0.25) is 0 Å². The second kappa shape index (κ2) is 6.35. The lowest BCUT2D eigenvalue weighted by atomic mass is 10.1. The van der Waals surface area contributed by atoms with Crippen molar-refractivity contribution in [2.75, 3.05) is 19.6 Å². The standard InChI is InChI=1S/C16H26N2/c1-3-10-18(11-14-6-7-14)12-16(17)15-8-4-13(2)5-9-15/h4-5,8-9,14,16H,3,6-7,10-12,17H2,1-2H3. The average Bonchev–Trinajstić information content (AvgIpc) is 3.14. The normalized spacial score (nSPS) is 17.1. The van der Waals surface area contributed by atoms with Crippen molar-refractivity contribution in [2.24, 2.45) is 11.7 Å². The summed E-state index contributed by atoms with van der Waals surface area (Å²) in [6.07, 6.45) is 4.05. The Morgan fingerprint density at radius 2 is 1.94 bits per heavy atom. The SMILES string of the molecule is CCCN(CC1CC1)CC(N)c1ccc(C)cc1. The maximum atomic E-state index is 6.33. The van der Waals surface area contributed by atoms with Crippen LogP contribution >= 0.6 is 0 Å². The smallest absolute Gasteiger partial charge is 0.0424 e. The summed E-state index contributed by atoms with van der Waals surface area (Å²) in [7, 11) is 0. The molecule has 2 nitrogen and oxygen atoms in total. The molecule has 0 radical (unpaired) electrons. The first-order valence-electron chi connectivity index (χ1n) is 7.23. The molecule has 1 aromatic rings. The van der Waals surface area contributed by atoms with Crippen LogP contribution < -0.4 is 5.73 Å². The second-order valence-corrected chi connectivity index (χ2v) is 5.72. The van der Waals surface area contributed by atoms with E-state index >= 15 is 0 Å². The Balaban J connectivity index is 1.90. The van der Waals surface area contributed by atoms with Crippen molar-refractivity contribution in [3.05, 3.63) is 35.4 Å². The zero-order chi connectivity index (χ0) is 13.0. The fourth-order valence-electron chi connectivity index (χ4n) is 2.44. The third-order valence-electron chi connectivity index (χ3n) is 3.71. The molecule has 0 aliphatic heterocycles. The summed E-state index contributed by atoms with van der Waals surface area (Å²) in [5, 5.41) is 0. The van der Waals surface area contributed by atoms with E-state index in [4.69, 9.17) is 5.73 Å². The molecule has 1 atom stereocenters. The van der Waals surface area contributed by atoms with Crippen LogP contribution in [0.15, 0.2) is 24.3 Å². The summed E-state index contributed by atoms with van der Waals surface area (Å²) in [5.41, 5.74) is 8.89. The minimum atomic E-state index is 0.149. The van der Waals surface area contributed by atoms with E-state index in [1.807, 2.05) is 0 Å². The maximum Gasteiger partial charge on any atom is 0.0424 e. The molecule has 1 aliphatic carbocycles. The highest BCUT2D eigenvalue weighted by atomic mass is 15.1. The van der Waals surface area contributed by atoms with Crippen molar-refractivity contribution in [3.63, 3.8) is 0 Å². The van der Waals surface area contributed by atoms with E-state index < -0.39 is 0 Å². The second-order valence-electron chi connectivity index (χ2n) is 5.72. The van der Waals surface area contributed by atoms with Crippen molar-refractivity contribution in [2.45, 2.75) is 39.2 Å². The van der Waals surface area contributed by atoms with Crippen LogP contribution in [0, 0.1) is 12.8 Å². The Labute approximate surface area is 111 Å². The fraction of sp³-hybridized carbons (Fsp3) is 0.625. The lowest BCUT2D eigenvalue weighted by molar-refractivity contribution is 0.248. The third-order valence-corrected chi connectivity index (χ3v) is 3.71. The van der Waals surface area contributed by atoms with Gasteiger partial charge in [0.1, 0.15) is 0 Å². The molecule has 1 unspecified atom stereocenters. The van der Waals surface area contributed by atoms with Gasteiger partial charge in [0.25, 0.3) is 0 Å². The van der Waals surface area contributed by atoms with Crippen LogP contribution in [0.1, 0.15) is 43.4 Å². The molecule has 2 N–H and O–H groups in total. The molecule has 0 amide bonds. The van der Waals surface area contributed by atoms with E-state index in [0.29, 0.717) is 0 Å². The molecule has 1 aromatic carbocycles. The number of nitrogens with two attached hydrogens (primary N) is 1. The predicted molar refractivity (Wildman–Crippen MR) is 77.6 cm³/mol. The Morgan fingerprint density at radius 3 is 2.50 bits per heavy atom. The molecule has 0 spiro atoms. The summed E-state index contributed by atoms with van der Waals surface area (Å²) >= 11 is 0. The number of nitrogens with zero attached hydrogens (tertiary/aromatic N) is 1. The summed E-state index contributed by atoms with van der Waals surface area (Å²) in [4.78, 5) is 2.54. The topological polar surface area (TPSA) is 29.3 Å². The number of hydrogen-bond acceptors (Lipinski definition) is 2. The molecule has 1 aliphatic rings. The van der Waals surface area contributed by atoms with Crippen LogP contribution in [0.2, 0.25) is 0 Å². The first-order chi connectivity index (χ1) is 8.69. The molecular weight excluding hydrogens is 220 g/mol. The van der Waals surface area contributed by atoms with Gasteiger partial charge >= 0.3 is 0 Å². The van der Waals surface area contributed by atoms with Crippen molar-refractivity contribution in [3.8, 4) is 0 Å². The van der Waals surface area contributed by atoms with E-state index in [1.165, 1.54) is 43.5 Å². The molecule has 2 rings (SSSR count). The average molecular weight is 246 g/mol. The van der Waals surface area contributed by atoms with E-state index in [9.17, 15) is 0 Å². The first-order valence-corrected chi connectivity index (χ1v) is 7.23. The van der Waals surface area contributed by atoms with E-state index in [2.05, 4.69) is 43.0 Å². The largest absolute Gasteiger partial charge is 0.323 e. The van der Waals surface area contributed by atoms with Crippen molar-refractivity contribution >= 4 is 0 Å². The van der Waals surface area contributed by atoms with Gasteiger partial charge in [-0.1, -0.05) is 36.8 Å². The Kier molecular flexibility index (Phi) is 4.79. The van der Waals surface area contributed by atoms with Crippen LogP contribution in [0.4, 0.5) is 0 Å². The minimum absolute atomic E-state index is 0.149. The van der Waals surface area contributed by atoms with Gasteiger partial charge in [-0.05, 0) is 44.2 Å². The molecule has 0 aromatic heterocycles. The summed E-state index contributed by atoms with van der Waals surface area (Å²) < 4.78 is 0. The predicted octanol–water partition coefficient (Wildman–Crippen LogP) is 3.12. The lowest BCUT2D eigenvalue weighted by Gasteiger charge is -2.25. The number of aryl methyl sites for hydroxylation is 1. The van der Waals surface area contributed by atoms with Crippen LogP contribution in [0.3, 0.4) is 0 Å². The Bertz CT molecular complexity index is 354. The molecule has 100 valence electrons. The lowest BCUT2D eigenvalue weighted by Crippen LogP contribution is -2.34. The molecular formula is C16H26N2. The zero-order valence-corrected chi connectivity index (χ0v) is 11.7. The van der Waals surface area contributed by atoms with Crippen molar-refractivity contribution in [1.82, 2.24) is 4.90 Å².